The molecule has 2 aromatic carbocycles. The first kappa shape index (κ1) is 18.4. The number of hydrogen-bond donors (Lipinski definition) is 1. The highest BCUT2D eigenvalue weighted by molar-refractivity contribution is 5.92. The summed E-state index contributed by atoms with van der Waals surface area (Å²) in [5.74, 6) is -2.53. The molecule has 2 rings (SSSR count). The van der Waals surface area contributed by atoms with Crippen LogP contribution in [0.15, 0.2) is 36.4 Å². The van der Waals surface area contributed by atoms with Crippen molar-refractivity contribution < 1.29 is 27.8 Å². The Morgan fingerprint density at radius 2 is 1.76 bits per heavy atom. The van der Waals surface area contributed by atoms with Gasteiger partial charge in [-0.2, -0.15) is 0 Å². The van der Waals surface area contributed by atoms with Gasteiger partial charge in [0.1, 0.15) is 17.4 Å². The molecule has 7 heteroatoms. The van der Waals surface area contributed by atoms with E-state index in [-0.39, 0.29) is 12.3 Å². The second-order valence-electron chi connectivity index (χ2n) is 5.37. The number of halogens is 2. The van der Waals surface area contributed by atoms with E-state index >= 15 is 0 Å². The Morgan fingerprint density at radius 1 is 1.00 bits per heavy atom. The molecule has 5 nitrogen and oxygen atoms in total. The third kappa shape index (κ3) is 5.56. The molecule has 1 amide bonds. The van der Waals surface area contributed by atoms with Crippen molar-refractivity contribution in [3.8, 4) is 5.75 Å². The van der Waals surface area contributed by atoms with Crippen LogP contribution in [0.5, 0.6) is 5.75 Å². The van der Waals surface area contributed by atoms with Gasteiger partial charge >= 0.3 is 5.97 Å². The lowest BCUT2D eigenvalue weighted by atomic mass is 10.1. The van der Waals surface area contributed by atoms with Gasteiger partial charge in [-0.05, 0) is 49.2 Å². The number of benzene rings is 2. The Labute approximate surface area is 143 Å². The number of carbonyl (C=O) groups excluding carboxylic acids is 2. The highest BCUT2D eigenvalue weighted by Gasteiger charge is 2.11. The maximum absolute atomic E-state index is 13.4. The van der Waals surface area contributed by atoms with Gasteiger partial charge in [0.25, 0.3) is 5.91 Å². The van der Waals surface area contributed by atoms with Crippen LogP contribution in [0.2, 0.25) is 0 Å². The molecule has 0 spiro atoms. The molecule has 0 unspecified atom stereocenters. The zero-order valence-electron chi connectivity index (χ0n) is 13.8. The van der Waals surface area contributed by atoms with Crippen LogP contribution in [0.3, 0.4) is 0 Å². The third-order valence-electron chi connectivity index (χ3n) is 3.40. The minimum absolute atomic E-state index is 0.326. The fraction of sp³-hybridized carbons (Fsp3) is 0.222. The molecule has 0 aliphatic carbocycles. The first-order chi connectivity index (χ1) is 11.8. The molecule has 0 aliphatic rings. The number of rotatable bonds is 6. The van der Waals surface area contributed by atoms with E-state index in [4.69, 9.17) is 9.47 Å². The maximum atomic E-state index is 13.4. The molecule has 0 saturated heterocycles. The predicted molar refractivity (Wildman–Crippen MR) is 87.4 cm³/mol. The lowest BCUT2D eigenvalue weighted by Gasteiger charge is -2.09. The number of hydrogen-bond acceptors (Lipinski definition) is 4. The first-order valence-corrected chi connectivity index (χ1v) is 7.45. The number of anilines is 1. The molecule has 0 heterocycles. The molecule has 0 radical (unpaired) electrons. The van der Waals surface area contributed by atoms with E-state index in [1.807, 2.05) is 19.9 Å². The molecule has 0 bridgehead atoms. The Hall–Kier alpha value is -2.96. The fourth-order valence-corrected chi connectivity index (χ4v) is 1.91. The Kier molecular flexibility index (Phi) is 6.05. The van der Waals surface area contributed by atoms with E-state index in [2.05, 4.69) is 5.32 Å². The van der Waals surface area contributed by atoms with E-state index in [0.29, 0.717) is 5.75 Å². The van der Waals surface area contributed by atoms with Crippen LogP contribution in [0.1, 0.15) is 11.1 Å². The molecule has 0 saturated carbocycles. The van der Waals surface area contributed by atoms with Crippen molar-refractivity contribution in [3.63, 3.8) is 0 Å². The second kappa shape index (κ2) is 8.23. The average molecular weight is 349 g/mol. The molecule has 0 aliphatic heterocycles. The summed E-state index contributed by atoms with van der Waals surface area (Å²) >= 11 is 0. The van der Waals surface area contributed by atoms with E-state index in [1.54, 1.807) is 12.1 Å². The summed E-state index contributed by atoms with van der Waals surface area (Å²) < 4.78 is 36.4. The fourth-order valence-electron chi connectivity index (χ4n) is 1.91. The summed E-state index contributed by atoms with van der Waals surface area (Å²) in [6.45, 7) is 2.86. The van der Waals surface area contributed by atoms with Gasteiger partial charge < -0.3 is 14.8 Å². The molecule has 1 N–H and O–H groups in total. The van der Waals surface area contributed by atoms with Crippen LogP contribution in [0.25, 0.3) is 0 Å². The summed E-state index contributed by atoms with van der Waals surface area (Å²) in [5.41, 5.74) is 1.78. The van der Waals surface area contributed by atoms with Gasteiger partial charge in [0.05, 0.1) is 5.69 Å². The maximum Gasteiger partial charge on any atom is 0.344 e. The van der Waals surface area contributed by atoms with Crippen LogP contribution in [-0.2, 0) is 14.3 Å². The van der Waals surface area contributed by atoms with Crippen molar-refractivity contribution in [1.29, 1.82) is 0 Å². The Morgan fingerprint density at radius 3 is 2.48 bits per heavy atom. The number of carbonyl (C=O) groups is 2. The molecular formula is C18H17F2NO4. The van der Waals surface area contributed by atoms with Gasteiger partial charge in [-0.15, -0.1) is 0 Å². The summed E-state index contributed by atoms with van der Waals surface area (Å²) in [5, 5.41) is 2.12. The van der Waals surface area contributed by atoms with Crippen LogP contribution in [0.4, 0.5) is 14.5 Å². The molecule has 0 aromatic heterocycles. The first-order valence-electron chi connectivity index (χ1n) is 7.45. The van der Waals surface area contributed by atoms with E-state index < -0.39 is 30.1 Å². The molecule has 0 fully saturated rings. The standard InChI is InChI=1S/C18H17F2NO4/c1-11-3-5-14(7-12(11)2)24-10-18(23)25-9-17(22)21-16-8-13(19)4-6-15(16)20/h3-8H,9-10H2,1-2H3,(H,21,22). The van der Waals surface area contributed by atoms with E-state index in [9.17, 15) is 18.4 Å². The zero-order chi connectivity index (χ0) is 18.4. The third-order valence-corrected chi connectivity index (χ3v) is 3.40. The minimum Gasteiger partial charge on any atom is -0.482 e. The van der Waals surface area contributed by atoms with Crippen LogP contribution in [0, 0.1) is 25.5 Å². The molecule has 2 aromatic rings. The topological polar surface area (TPSA) is 64.6 Å². The number of nitrogens with one attached hydrogen (secondary N) is 1. The van der Waals surface area contributed by atoms with Crippen molar-refractivity contribution in [2.75, 3.05) is 18.5 Å². The quantitative estimate of drug-likeness (QED) is 0.814. The molecule has 25 heavy (non-hydrogen) atoms. The lowest BCUT2D eigenvalue weighted by Crippen LogP contribution is -2.24. The van der Waals surface area contributed by atoms with Crippen LogP contribution in [-0.4, -0.2) is 25.1 Å². The van der Waals surface area contributed by atoms with Crippen LogP contribution < -0.4 is 10.1 Å². The predicted octanol–water partition coefficient (Wildman–Crippen LogP) is 3.14. The van der Waals surface area contributed by atoms with Gasteiger partial charge in [-0.3, -0.25) is 4.79 Å². The van der Waals surface area contributed by atoms with Crippen molar-refractivity contribution in [2.24, 2.45) is 0 Å². The number of esters is 1. The zero-order valence-corrected chi connectivity index (χ0v) is 13.8. The normalized spacial score (nSPS) is 10.2. The van der Waals surface area contributed by atoms with Crippen molar-refractivity contribution in [3.05, 3.63) is 59.2 Å². The van der Waals surface area contributed by atoms with Crippen molar-refractivity contribution in [1.82, 2.24) is 0 Å². The van der Waals surface area contributed by atoms with E-state index in [0.717, 1.165) is 29.3 Å². The second-order valence-corrected chi connectivity index (χ2v) is 5.37. The van der Waals surface area contributed by atoms with Crippen LogP contribution >= 0.6 is 0 Å². The Balaban J connectivity index is 1.78. The van der Waals surface area contributed by atoms with Gasteiger partial charge in [0.2, 0.25) is 0 Å². The largest absolute Gasteiger partial charge is 0.482 e. The smallest absolute Gasteiger partial charge is 0.344 e. The van der Waals surface area contributed by atoms with Gasteiger partial charge in [-0.25, -0.2) is 13.6 Å². The molecular weight excluding hydrogens is 332 g/mol. The number of ether oxygens (including phenoxy) is 2. The summed E-state index contributed by atoms with van der Waals surface area (Å²) in [4.78, 5) is 23.2. The summed E-state index contributed by atoms with van der Waals surface area (Å²) in [6.07, 6.45) is 0. The summed E-state index contributed by atoms with van der Waals surface area (Å²) in [6, 6.07) is 8.00. The highest BCUT2D eigenvalue weighted by atomic mass is 19.1. The monoisotopic (exact) mass is 349 g/mol. The number of amides is 1. The molecule has 132 valence electrons. The Bertz CT molecular complexity index is 793. The molecule has 0 atom stereocenters. The average Bonchev–Trinajstić information content (AvgIpc) is 2.57. The van der Waals surface area contributed by atoms with Gasteiger partial charge in [-0.1, -0.05) is 6.07 Å². The van der Waals surface area contributed by atoms with Crippen molar-refractivity contribution >= 4 is 17.6 Å². The van der Waals surface area contributed by atoms with Gasteiger partial charge in [0, 0.05) is 6.07 Å². The SMILES string of the molecule is Cc1ccc(OCC(=O)OCC(=O)Nc2cc(F)ccc2F)cc1C. The van der Waals surface area contributed by atoms with Crippen molar-refractivity contribution in [2.45, 2.75) is 13.8 Å². The van der Waals surface area contributed by atoms with Gasteiger partial charge in [0.15, 0.2) is 13.2 Å². The number of aryl methyl sites for hydroxylation is 2. The summed E-state index contributed by atoms with van der Waals surface area (Å²) in [7, 11) is 0. The van der Waals surface area contributed by atoms with E-state index in [1.165, 1.54) is 0 Å². The minimum atomic E-state index is -0.792. The lowest BCUT2D eigenvalue weighted by molar-refractivity contribution is -0.149. The highest BCUT2D eigenvalue weighted by Crippen LogP contribution is 2.16.